The fourth-order valence-corrected chi connectivity index (χ4v) is 3.31. The van der Waals surface area contributed by atoms with Crippen molar-refractivity contribution in [1.29, 1.82) is 0 Å². The number of rotatable bonds is 6. The molecule has 9 heteroatoms. The van der Waals surface area contributed by atoms with Gasteiger partial charge in [-0.2, -0.15) is 0 Å². The lowest BCUT2D eigenvalue weighted by Crippen LogP contribution is -2.21. The summed E-state index contributed by atoms with van der Waals surface area (Å²) in [6, 6.07) is 14.2. The highest BCUT2D eigenvalue weighted by Gasteiger charge is 2.17. The van der Waals surface area contributed by atoms with Crippen LogP contribution in [-0.4, -0.2) is 31.9 Å². The molecule has 156 valence electrons. The fraction of sp³-hybridized carbons (Fsp3) is 0.190. The molecule has 3 N–H and O–H groups in total. The standard InChI is InChI=1S/C21H21N3O5S/c1-13(2)19-11-17(16-5-3-4-6-18(16)24-19)21(26)29-12-20(25)23-14-7-9-15(10-8-14)30(22,27)28/h3-11,13H,12H2,1-2H3,(H,23,25)(H2,22,27,28). The Morgan fingerprint density at radius 1 is 1.10 bits per heavy atom. The molecule has 1 aromatic heterocycles. The average Bonchev–Trinajstić information content (AvgIpc) is 2.70. The number of para-hydroxylation sites is 1. The molecule has 0 aliphatic rings. The normalized spacial score (nSPS) is 11.5. The van der Waals surface area contributed by atoms with Crippen LogP contribution >= 0.6 is 0 Å². The Morgan fingerprint density at radius 2 is 1.77 bits per heavy atom. The molecule has 2 aromatic carbocycles. The summed E-state index contributed by atoms with van der Waals surface area (Å²) in [5.74, 6) is -1.07. The summed E-state index contributed by atoms with van der Waals surface area (Å²) in [6.07, 6.45) is 0. The molecule has 1 amide bonds. The number of primary sulfonamides is 1. The van der Waals surface area contributed by atoms with E-state index in [1.165, 1.54) is 24.3 Å². The van der Waals surface area contributed by atoms with Crippen LogP contribution in [0.25, 0.3) is 10.9 Å². The van der Waals surface area contributed by atoms with E-state index in [0.29, 0.717) is 22.2 Å². The van der Waals surface area contributed by atoms with Gasteiger partial charge in [-0.3, -0.25) is 9.78 Å². The average molecular weight is 427 g/mol. The van der Waals surface area contributed by atoms with Crippen LogP contribution in [0, 0.1) is 0 Å². The van der Waals surface area contributed by atoms with E-state index in [1.807, 2.05) is 26.0 Å². The minimum absolute atomic E-state index is 0.0718. The van der Waals surface area contributed by atoms with Crippen LogP contribution in [0.5, 0.6) is 0 Å². The number of pyridine rings is 1. The number of esters is 1. The van der Waals surface area contributed by atoms with Gasteiger partial charge in [-0.25, -0.2) is 18.4 Å². The molecule has 0 aliphatic carbocycles. The van der Waals surface area contributed by atoms with Gasteiger partial charge >= 0.3 is 5.97 Å². The van der Waals surface area contributed by atoms with Gasteiger partial charge in [-0.05, 0) is 42.3 Å². The van der Waals surface area contributed by atoms with Gasteiger partial charge in [0.15, 0.2) is 6.61 Å². The number of nitrogens with two attached hydrogens (primary N) is 1. The Hall–Kier alpha value is -3.30. The van der Waals surface area contributed by atoms with Gasteiger partial charge < -0.3 is 10.1 Å². The zero-order chi connectivity index (χ0) is 21.9. The lowest BCUT2D eigenvalue weighted by molar-refractivity contribution is -0.119. The van der Waals surface area contributed by atoms with Gasteiger partial charge in [0.2, 0.25) is 10.0 Å². The highest BCUT2D eigenvalue weighted by molar-refractivity contribution is 7.89. The van der Waals surface area contributed by atoms with Gasteiger partial charge in [0.25, 0.3) is 5.91 Å². The zero-order valence-electron chi connectivity index (χ0n) is 16.5. The van der Waals surface area contributed by atoms with E-state index < -0.39 is 28.5 Å². The Labute approximate surface area is 174 Å². The number of hydrogen-bond donors (Lipinski definition) is 2. The van der Waals surface area contributed by atoms with E-state index in [9.17, 15) is 18.0 Å². The van der Waals surface area contributed by atoms with E-state index in [-0.39, 0.29) is 10.8 Å². The van der Waals surface area contributed by atoms with E-state index in [2.05, 4.69) is 10.3 Å². The third-order valence-corrected chi connectivity index (χ3v) is 5.28. The van der Waals surface area contributed by atoms with E-state index in [4.69, 9.17) is 9.88 Å². The van der Waals surface area contributed by atoms with Gasteiger partial charge in [0.05, 0.1) is 16.0 Å². The Morgan fingerprint density at radius 3 is 2.40 bits per heavy atom. The van der Waals surface area contributed by atoms with Crippen molar-refractivity contribution in [2.24, 2.45) is 5.14 Å². The molecule has 0 saturated heterocycles. The number of anilines is 1. The maximum Gasteiger partial charge on any atom is 0.339 e. The van der Waals surface area contributed by atoms with Crippen molar-refractivity contribution in [2.75, 3.05) is 11.9 Å². The first-order chi connectivity index (χ1) is 14.1. The Balaban J connectivity index is 1.70. The maximum atomic E-state index is 12.6. The molecule has 3 aromatic rings. The number of amides is 1. The molecule has 8 nitrogen and oxygen atoms in total. The first kappa shape index (κ1) is 21.4. The van der Waals surface area contributed by atoms with E-state index >= 15 is 0 Å². The summed E-state index contributed by atoms with van der Waals surface area (Å²) in [7, 11) is -3.82. The summed E-state index contributed by atoms with van der Waals surface area (Å²) in [5.41, 5.74) is 2.12. The molecule has 0 radical (unpaired) electrons. The highest BCUT2D eigenvalue weighted by Crippen LogP contribution is 2.23. The molecule has 0 saturated carbocycles. The molecule has 0 aliphatic heterocycles. The molecule has 0 spiro atoms. The smallest absolute Gasteiger partial charge is 0.339 e. The fourth-order valence-electron chi connectivity index (χ4n) is 2.79. The maximum absolute atomic E-state index is 12.6. The van der Waals surface area contributed by atoms with Gasteiger partial charge in [0, 0.05) is 16.8 Å². The first-order valence-electron chi connectivity index (χ1n) is 9.14. The van der Waals surface area contributed by atoms with Crippen molar-refractivity contribution in [1.82, 2.24) is 4.98 Å². The highest BCUT2D eigenvalue weighted by atomic mass is 32.2. The minimum atomic E-state index is -3.82. The number of carbonyl (C=O) groups is 2. The predicted octanol–water partition coefficient (Wildman–Crippen LogP) is 2.80. The molecular weight excluding hydrogens is 406 g/mol. The number of nitrogens with zero attached hydrogens (tertiary/aromatic N) is 1. The van der Waals surface area contributed by atoms with Gasteiger partial charge in [-0.15, -0.1) is 0 Å². The Bertz CT molecular complexity index is 1210. The molecule has 1 heterocycles. The van der Waals surface area contributed by atoms with Crippen LogP contribution < -0.4 is 10.5 Å². The molecule has 3 rings (SSSR count). The van der Waals surface area contributed by atoms with Crippen molar-refractivity contribution >= 4 is 38.5 Å². The second-order valence-electron chi connectivity index (χ2n) is 6.96. The summed E-state index contributed by atoms with van der Waals surface area (Å²) >= 11 is 0. The molecular formula is C21H21N3O5S. The number of ether oxygens (including phenoxy) is 1. The second-order valence-corrected chi connectivity index (χ2v) is 8.52. The van der Waals surface area contributed by atoms with Crippen molar-refractivity contribution < 1.29 is 22.7 Å². The van der Waals surface area contributed by atoms with Crippen LogP contribution in [0.3, 0.4) is 0 Å². The summed E-state index contributed by atoms with van der Waals surface area (Å²) in [5, 5.41) is 8.21. The van der Waals surface area contributed by atoms with Gasteiger partial charge in [-0.1, -0.05) is 32.0 Å². The number of hydrogen-bond acceptors (Lipinski definition) is 6. The van der Waals surface area contributed by atoms with E-state index in [0.717, 1.165) is 5.69 Å². The number of fused-ring (bicyclic) bond motifs is 1. The number of aromatic nitrogens is 1. The van der Waals surface area contributed by atoms with Crippen molar-refractivity contribution in [3.8, 4) is 0 Å². The SMILES string of the molecule is CC(C)c1cc(C(=O)OCC(=O)Nc2ccc(S(N)(=O)=O)cc2)c2ccccc2n1. The minimum Gasteiger partial charge on any atom is -0.452 e. The summed E-state index contributed by atoms with van der Waals surface area (Å²) < 4.78 is 27.7. The zero-order valence-corrected chi connectivity index (χ0v) is 17.3. The van der Waals surface area contributed by atoms with Crippen LogP contribution in [-0.2, 0) is 19.6 Å². The number of nitrogens with one attached hydrogen (secondary N) is 1. The lowest BCUT2D eigenvalue weighted by Gasteiger charge is -2.12. The lowest BCUT2D eigenvalue weighted by atomic mass is 10.0. The number of benzene rings is 2. The molecule has 0 bridgehead atoms. The van der Waals surface area contributed by atoms with Crippen LogP contribution in [0.2, 0.25) is 0 Å². The molecule has 0 fully saturated rings. The third-order valence-electron chi connectivity index (χ3n) is 4.35. The summed E-state index contributed by atoms with van der Waals surface area (Å²) in [4.78, 5) is 29.2. The second kappa shape index (κ2) is 8.60. The van der Waals surface area contributed by atoms with Crippen molar-refractivity contribution in [2.45, 2.75) is 24.7 Å². The third kappa shape index (κ3) is 5.00. The predicted molar refractivity (Wildman–Crippen MR) is 113 cm³/mol. The molecule has 0 atom stereocenters. The Kier molecular flexibility index (Phi) is 6.14. The number of carbonyl (C=O) groups excluding carboxylic acids is 2. The van der Waals surface area contributed by atoms with E-state index in [1.54, 1.807) is 18.2 Å². The first-order valence-corrected chi connectivity index (χ1v) is 10.7. The molecule has 0 unspecified atom stereocenters. The van der Waals surface area contributed by atoms with Crippen LogP contribution in [0.15, 0.2) is 59.5 Å². The number of sulfonamides is 1. The quantitative estimate of drug-likeness (QED) is 0.582. The monoisotopic (exact) mass is 427 g/mol. The van der Waals surface area contributed by atoms with Crippen LogP contribution in [0.1, 0.15) is 35.8 Å². The summed E-state index contributed by atoms with van der Waals surface area (Å²) in [6.45, 7) is 3.45. The van der Waals surface area contributed by atoms with Crippen molar-refractivity contribution in [3.05, 3.63) is 65.9 Å². The van der Waals surface area contributed by atoms with Gasteiger partial charge in [0.1, 0.15) is 0 Å². The molecule has 30 heavy (non-hydrogen) atoms. The topological polar surface area (TPSA) is 128 Å². The van der Waals surface area contributed by atoms with Crippen molar-refractivity contribution in [3.63, 3.8) is 0 Å². The largest absolute Gasteiger partial charge is 0.452 e. The van der Waals surface area contributed by atoms with Crippen LogP contribution in [0.4, 0.5) is 5.69 Å².